The summed E-state index contributed by atoms with van der Waals surface area (Å²) in [7, 11) is 1.51. The van der Waals surface area contributed by atoms with Crippen LogP contribution in [-0.2, 0) is 33.3 Å². The summed E-state index contributed by atoms with van der Waals surface area (Å²) in [6.45, 7) is 6.80. The molecule has 3 saturated heterocycles. The number of para-hydroxylation sites is 2. The van der Waals surface area contributed by atoms with Gasteiger partial charge in [-0.1, -0.05) is 12.1 Å². The van der Waals surface area contributed by atoms with Crippen molar-refractivity contribution in [2.24, 2.45) is 0 Å². The van der Waals surface area contributed by atoms with Crippen LogP contribution < -0.4 is 15.4 Å². The maximum Gasteiger partial charge on any atom is 0.252 e. The minimum absolute atomic E-state index is 0.255. The van der Waals surface area contributed by atoms with Gasteiger partial charge < -0.3 is 39.1 Å². The van der Waals surface area contributed by atoms with Gasteiger partial charge in [0, 0.05) is 0 Å². The van der Waals surface area contributed by atoms with Gasteiger partial charge in [-0.05, 0) is 39.8 Å². The third-order valence-corrected chi connectivity index (χ3v) is 5.22. The van der Waals surface area contributed by atoms with Crippen molar-refractivity contribution < 1.29 is 38.0 Å². The van der Waals surface area contributed by atoms with Gasteiger partial charge in [0.2, 0.25) is 5.91 Å². The van der Waals surface area contributed by atoms with E-state index in [1.165, 1.54) is 7.11 Å². The number of benzene rings is 1. The van der Waals surface area contributed by atoms with E-state index in [0.717, 1.165) is 0 Å². The average molecular weight is 436 g/mol. The molecular weight excluding hydrogens is 408 g/mol. The van der Waals surface area contributed by atoms with E-state index in [1.807, 2.05) is 0 Å². The molecule has 0 aliphatic carbocycles. The Morgan fingerprint density at radius 3 is 2.35 bits per heavy atom. The van der Waals surface area contributed by atoms with Gasteiger partial charge in [-0.15, -0.1) is 0 Å². The van der Waals surface area contributed by atoms with Crippen LogP contribution in [0.4, 0.5) is 5.69 Å². The van der Waals surface area contributed by atoms with Crippen molar-refractivity contribution in [3.05, 3.63) is 24.3 Å². The molecule has 1 aromatic carbocycles. The molecule has 3 aliphatic heterocycles. The van der Waals surface area contributed by atoms with Crippen LogP contribution in [0.15, 0.2) is 24.3 Å². The average Bonchev–Trinajstić information content (AvgIpc) is 3.19. The molecule has 4 rings (SSSR count). The van der Waals surface area contributed by atoms with E-state index in [0.29, 0.717) is 11.4 Å². The molecule has 170 valence electrons. The van der Waals surface area contributed by atoms with Crippen LogP contribution >= 0.6 is 0 Å². The Hall–Kier alpha value is -2.24. The van der Waals surface area contributed by atoms with E-state index in [9.17, 15) is 9.59 Å². The molecule has 31 heavy (non-hydrogen) atoms. The molecule has 3 heterocycles. The van der Waals surface area contributed by atoms with Crippen LogP contribution in [0.3, 0.4) is 0 Å². The van der Waals surface area contributed by atoms with E-state index >= 15 is 0 Å². The third kappa shape index (κ3) is 4.53. The summed E-state index contributed by atoms with van der Waals surface area (Å²) < 4.78 is 34.7. The second-order valence-corrected chi connectivity index (χ2v) is 8.56. The summed E-state index contributed by atoms with van der Waals surface area (Å²) in [6.07, 6.45) is -3.59. The van der Waals surface area contributed by atoms with Gasteiger partial charge >= 0.3 is 0 Å². The number of rotatable bonds is 5. The van der Waals surface area contributed by atoms with Crippen LogP contribution in [-0.4, -0.2) is 67.7 Å². The number of amides is 2. The number of hydrogen-bond acceptors (Lipinski definition) is 8. The second-order valence-electron chi connectivity index (χ2n) is 8.56. The Labute approximate surface area is 180 Å². The Kier molecular flexibility index (Phi) is 5.69. The monoisotopic (exact) mass is 436 g/mol. The highest BCUT2D eigenvalue weighted by Crippen LogP contribution is 2.44. The maximum atomic E-state index is 12.9. The van der Waals surface area contributed by atoms with Gasteiger partial charge in [-0.2, -0.15) is 0 Å². The number of carbonyl (C=O) groups is 2. The number of fused-ring (bicyclic) bond motifs is 3. The summed E-state index contributed by atoms with van der Waals surface area (Å²) in [4.78, 5) is 25.3. The lowest BCUT2D eigenvalue weighted by Gasteiger charge is -2.36. The quantitative estimate of drug-likeness (QED) is 0.707. The van der Waals surface area contributed by atoms with Crippen LogP contribution in [0, 0.1) is 0 Å². The van der Waals surface area contributed by atoms with E-state index in [-0.39, 0.29) is 6.54 Å². The second kappa shape index (κ2) is 8.03. The SMILES string of the molecule is COc1ccccc1NC(=O)CNC(=O)[C@@H]1O[C@H]2OC(C)(C)O[C@@H]2[C@@H]2OC(C)(C)O[C@@H]21. The molecule has 10 nitrogen and oxygen atoms in total. The molecule has 3 aliphatic rings. The fourth-order valence-corrected chi connectivity index (χ4v) is 4.03. The topological polar surface area (TPSA) is 114 Å². The molecule has 2 amide bonds. The number of anilines is 1. The lowest BCUT2D eigenvalue weighted by Crippen LogP contribution is -2.59. The molecule has 0 bridgehead atoms. The minimum atomic E-state index is -1.02. The molecule has 0 radical (unpaired) electrons. The van der Waals surface area contributed by atoms with Gasteiger partial charge in [0.1, 0.15) is 24.1 Å². The van der Waals surface area contributed by atoms with E-state index in [2.05, 4.69) is 10.6 Å². The minimum Gasteiger partial charge on any atom is -0.495 e. The molecule has 0 aromatic heterocycles. The molecule has 2 N–H and O–H groups in total. The molecule has 3 fully saturated rings. The van der Waals surface area contributed by atoms with Gasteiger partial charge in [0.25, 0.3) is 5.91 Å². The largest absolute Gasteiger partial charge is 0.495 e. The van der Waals surface area contributed by atoms with Gasteiger partial charge in [0.05, 0.1) is 19.3 Å². The van der Waals surface area contributed by atoms with E-state index < -0.39 is 54.1 Å². The predicted octanol–water partition coefficient (Wildman–Crippen LogP) is 1.15. The Morgan fingerprint density at radius 2 is 1.61 bits per heavy atom. The molecule has 0 saturated carbocycles. The summed E-state index contributed by atoms with van der Waals surface area (Å²) >= 11 is 0. The molecule has 1 aromatic rings. The van der Waals surface area contributed by atoms with Crippen LogP contribution in [0.25, 0.3) is 0 Å². The Balaban J connectivity index is 1.41. The zero-order chi connectivity index (χ0) is 22.4. The zero-order valence-electron chi connectivity index (χ0n) is 18.2. The molecule has 10 heteroatoms. The summed E-state index contributed by atoms with van der Waals surface area (Å²) in [6, 6.07) is 7.00. The lowest BCUT2D eigenvalue weighted by molar-refractivity contribution is -0.231. The normalized spacial score (nSPS) is 32.6. The lowest BCUT2D eigenvalue weighted by atomic mass is 9.98. The van der Waals surface area contributed by atoms with Crippen LogP contribution in [0.5, 0.6) is 5.75 Å². The highest BCUT2D eigenvalue weighted by Gasteiger charge is 2.62. The number of methoxy groups -OCH3 is 1. The van der Waals surface area contributed by atoms with Gasteiger partial charge in [-0.25, -0.2) is 0 Å². The number of nitrogens with one attached hydrogen (secondary N) is 2. The number of carbonyl (C=O) groups excluding carboxylic acids is 2. The predicted molar refractivity (Wildman–Crippen MR) is 107 cm³/mol. The molecule has 0 unspecified atom stereocenters. The first-order chi connectivity index (χ1) is 14.6. The first-order valence-electron chi connectivity index (χ1n) is 10.2. The zero-order valence-corrected chi connectivity index (χ0v) is 18.2. The molecule has 0 spiro atoms. The highest BCUT2D eigenvalue weighted by atomic mass is 16.9. The van der Waals surface area contributed by atoms with Gasteiger partial charge in [0.15, 0.2) is 24.0 Å². The van der Waals surface area contributed by atoms with Crippen molar-refractivity contribution in [3.63, 3.8) is 0 Å². The fraction of sp³-hybridized carbons (Fsp3) is 0.619. The first kappa shape index (κ1) is 22.0. The van der Waals surface area contributed by atoms with E-state index in [4.69, 9.17) is 28.4 Å². The van der Waals surface area contributed by atoms with Crippen molar-refractivity contribution in [1.82, 2.24) is 5.32 Å². The first-order valence-corrected chi connectivity index (χ1v) is 10.2. The molecular formula is C21H28N2O8. The highest BCUT2D eigenvalue weighted by molar-refractivity contribution is 5.96. The Morgan fingerprint density at radius 1 is 0.968 bits per heavy atom. The standard InChI is InChI=1S/C21H28N2O8/c1-20(2)28-14-15(29-20)17-19(31-21(3,4)30-17)27-16(14)18(25)22-10-13(24)23-11-8-6-7-9-12(11)26-5/h6-9,14-17,19H,10H2,1-5H3,(H,22,25)(H,23,24)/t14-,15+,16+,17+,19-/m0/s1. The fourth-order valence-electron chi connectivity index (χ4n) is 4.03. The maximum absolute atomic E-state index is 12.9. The number of ether oxygens (including phenoxy) is 6. The van der Waals surface area contributed by atoms with Crippen molar-refractivity contribution in [1.29, 1.82) is 0 Å². The van der Waals surface area contributed by atoms with Crippen molar-refractivity contribution in [2.75, 3.05) is 19.0 Å². The van der Waals surface area contributed by atoms with Crippen LogP contribution in [0.1, 0.15) is 27.7 Å². The third-order valence-electron chi connectivity index (χ3n) is 5.22. The van der Waals surface area contributed by atoms with E-state index in [1.54, 1.807) is 52.0 Å². The van der Waals surface area contributed by atoms with Crippen molar-refractivity contribution >= 4 is 17.5 Å². The smallest absolute Gasteiger partial charge is 0.252 e. The Bertz CT molecular complexity index is 858. The molecule has 5 atom stereocenters. The van der Waals surface area contributed by atoms with Gasteiger partial charge in [-0.3, -0.25) is 9.59 Å². The van der Waals surface area contributed by atoms with Crippen LogP contribution in [0.2, 0.25) is 0 Å². The summed E-state index contributed by atoms with van der Waals surface area (Å²) in [5.41, 5.74) is 0.508. The summed E-state index contributed by atoms with van der Waals surface area (Å²) in [5, 5.41) is 5.31. The number of hydrogen-bond donors (Lipinski definition) is 2. The van der Waals surface area contributed by atoms with Crippen molar-refractivity contribution in [3.8, 4) is 5.75 Å². The van der Waals surface area contributed by atoms with Crippen molar-refractivity contribution in [2.45, 2.75) is 70.0 Å². The summed E-state index contributed by atoms with van der Waals surface area (Å²) in [5.74, 6) is -2.18.